The van der Waals surface area contributed by atoms with Gasteiger partial charge < -0.3 is 0 Å². The fraction of sp³-hybridized carbons (Fsp3) is 0. The van der Waals surface area contributed by atoms with Gasteiger partial charge in [-0.05, 0) is 11.6 Å². The summed E-state index contributed by atoms with van der Waals surface area (Å²) in [7, 11) is -4.12. The van der Waals surface area contributed by atoms with Gasteiger partial charge >= 0.3 is 0 Å². The van der Waals surface area contributed by atoms with E-state index in [0.717, 1.165) is 0 Å². The first-order chi connectivity index (χ1) is 5.55. The third-order valence-electron chi connectivity index (χ3n) is 1.42. The third kappa shape index (κ3) is 3.63. The van der Waals surface area contributed by atoms with Crippen LogP contribution in [0.5, 0.6) is 0 Å². The van der Waals surface area contributed by atoms with Crippen LogP contribution in [0.25, 0.3) is 6.08 Å². The molecule has 65 valence electrons. The van der Waals surface area contributed by atoms with Gasteiger partial charge in [0.1, 0.15) is 4.90 Å². The molecule has 0 saturated heterocycles. The summed E-state index contributed by atoms with van der Waals surface area (Å²) >= 11 is 0. The van der Waals surface area contributed by atoms with Gasteiger partial charge in [-0.25, -0.2) is 0 Å². The third-order valence-corrected chi connectivity index (χ3v) is 2.34. The summed E-state index contributed by atoms with van der Waals surface area (Å²) in [6.07, 6.45) is 1.38. The Morgan fingerprint density at radius 3 is 2.23 bits per heavy atom. The van der Waals surface area contributed by atoms with E-state index in [1.54, 1.807) is 12.1 Å². The van der Waals surface area contributed by atoms with Gasteiger partial charge in [0.15, 0.2) is 0 Å². The maximum atomic E-state index is 10.7. The van der Waals surface area contributed by atoms with Gasteiger partial charge in [-0.1, -0.05) is 30.9 Å². The molecular formula is C8H8KO3S. The Morgan fingerprint density at radius 2 is 1.85 bits per heavy atom. The fourth-order valence-electron chi connectivity index (χ4n) is 0.884. The van der Waals surface area contributed by atoms with Gasteiger partial charge in [-0.3, -0.25) is 4.55 Å². The number of hydrogen-bond donors (Lipinski definition) is 1. The molecule has 0 aromatic heterocycles. The molecule has 0 aliphatic heterocycles. The molecule has 0 aliphatic rings. The van der Waals surface area contributed by atoms with E-state index in [0.29, 0.717) is 5.56 Å². The van der Waals surface area contributed by atoms with Crippen molar-refractivity contribution in [2.24, 2.45) is 0 Å². The Labute approximate surface area is 120 Å². The summed E-state index contributed by atoms with van der Waals surface area (Å²) in [5.41, 5.74) is 0.403. The predicted octanol–water partition coefficient (Wildman–Crippen LogP) is 1.20. The molecule has 1 aromatic rings. The molecule has 13 heavy (non-hydrogen) atoms. The largest absolute Gasteiger partial charge is 0.295 e. The van der Waals surface area contributed by atoms with E-state index in [9.17, 15) is 8.42 Å². The van der Waals surface area contributed by atoms with Crippen LogP contribution < -0.4 is 0 Å². The molecular weight excluding hydrogens is 215 g/mol. The van der Waals surface area contributed by atoms with E-state index in [1.807, 2.05) is 0 Å². The summed E-state index contributed by atoms with van der Waals surface area (Å²) in [5.74, 6) is 0. The minimum absolute atomic E-state index is 0. The molecule has 0 saturated carbocycles. The van der Waals surface area contributed by atoms with Crippen molar-refractivity contribution in [3.63, 3.8) is 0 Å². The number of rotatable bonds is 2. The Hall–Kier alpha value is 0.506. The van der Waals surface area contributed by atoms with Crippen LogP contribution >= 0.6 is 0 Å². The summed E-state index contributed by atoms with van der Waals surface area (Å²) in [5, 5.41) is 0. The first kappa shape index (κ1) is 13.5. The van der Waals surface area contributed by atoms with Crippen molar-refractivity contribution in [3.05, 3.63) is 36.4 Å². The van der Waals surface area contributed by atoms with Crippen molar-refractivity contribution in [1.29, 1.82) is 0 Å². The zero-order valence-corrected chi connectivity index (χ0v) is 11.2. The smallest absolute Gasteiger partial charge is 0.282 e. The second-order valence-electron chi connectivity index (χ2n) is 2.22. The van der Waals surface area contributed by atoms with Crippen molar-refractivity contribution in [2.45, 2.75) is 4.90 Å². The SMILES string of the molecule is C=Cc1ccccc1S(=O)(=O)O.[K]. The molecule has 1 N–H and O–H groups in total. The van der Waals surface area contributed by atoms with Crippen LogP contribution in [-0.4, -0.2) is 64.4 Å². The average Bonchev–Trinajstić information content (AvgIpc) is 2.03. The molecule has 5 heteroatoms. The summed E-state index contributed by atoms with van der Waals surface area (Å²) in [6, 6.07) is 6.10. The molecule has 1 aromatic carbocycles. The number of hydrogen-bond acceptors (Lipinski definition) is 2. The van der Waals surface area contributed by atoms with Gasteiger partial charge in [0.05, 0.1) is 0 Å². The second-order valence-corrected chi connectivity index (χ2v) is 3.61. The van der Waals surface area contributed by atoms with Gasteiger partial charge in [-0.15, -0.1) is 0 Å². The molecule has 1 rings (SSSR count). The minimum Gasteiger partial charge on any atom is -0.282 e. The molecule has 0 fully saturated rings. The molecule has 1 radical (unpaired) electrons. The van der Waals surface area contributed by atoms with Crippen LogP contribution in [0, 0.1) is 0 Å². The quantitative estimate of drug-likeness (QED) is 0.605. The van der Waals surface area contributed by atoms with Crippen molar-refractivity contribution >= 4 is 67.6 Å². The van der Waals surface area contributed by atoms with Gasteiger partial charge in [0.25, 0.3) is 10.1 Å². The molecule has 0 heterocycles. The van der Waals surface area contributed by atoms with Crippen LogP contribution in [0.3, 0.4) is 0 Å². The van der Waals surface area contributed by atoms with E-state index in [1.165, 1.54) is 18.2 Å². The number of benzene rings is 1. The van der Waals surface area contributed by atoms with Crippen molar-refractivity contribution in [3.8, 4) is 0 Å². The molecule has 3 nitrogen and oxygen atoms in total. The van der Waals surface area contributed by atoms with Crippen LogP contribution in [0.15, 0.2) is 35.7 Å². The molecule has 0 bridgehead atoms. The van der Waals surface area contributed by atoms with Gasteiger partial charge in [0.2, 0.25) is 0 Å². The molecule has 0 spiro atoms. The Bertz CT molecular complexity index is 398. The van der Waals surface area contributed by atoms with E-state index >= 15 is 0 Å². The second kappa shape index (κ2) is 5.40. The van der Waals surface area contributed by atoms with Crippen molar-refractivity contribution in [1.82, 2.24) is 0 Å². The van der Waals surface area contributed by atoms with Crippen molar-refractivity contribution < 1.29 is 13.0 Å². The van der Waals surface area contributed by atoms with E-state index in [-0.39, 0.29) is 56.3 Å². The normalized spacial score (nSPS) is 10.2. The first-order valence-electron chi connectivity index (χ1n) is 3.24. The monoisotopic (exact) mass is 223 g/mol. The Morgan fingerprint density at radius 1 is 1.31 bits per heavy atom. The topological polar surface area (TPSA) is 54.4 Å². The van der Waals surface area contributed by atoms with Crippen LogP contribution in [-0.2, 0) is 10.1 Å². The maximum Gasteiger partial charge on any atom is 0.295 e. The van der Waals surface area contributed by atoms with Gasteiger partial charge in [-0.2, -0.15) is 8.42 Å². The molecule has 0 amide bonds. The maximum absolute atomic E-state index is 10.7. The molecule has 0 unspecified atom stereocenters. The fourth-order valence-corrected chi connectivity index (χ4v) is 1.58. The minimum atomic E-state index is -4.12. The standard InChI is InChI=1S/C8H8O3S.K/c1-2-7-5-3-4-6-8(7)12(9,10)11;/h2-6H,1H2,(H,9,10,11);. The van der Waals surface area contributed by atoms with Gasteiger partial charge in [0, 0.05) is 51.4 Å². The van der Waals surface area contributed by atoms with Crippen LogP contribution in [0.2, 0.25) is 0 Å². The van der Waals surface area contributed by atoms with Crippen molar-refractivity contribution in [2.75, 3.05) is 0 Å². The summed E-state index contributed by atoms with van der Waals surface area (Å²) < 4.78 is 30.2. The summed E-state index contributed by atoms with van der Waals surface area (Å²) in [6.45, 7) is 3.43. The molecule has 0 aliphatic carbocycles. The van der Waals surface area contributed by atoms with E-state index in [4.69, 9.17) is 4.55 Å². The average molecular weight is 223 g/mol. The predicted molar refractivity (Wildman–Crippen MR) is 52.1 cm³/mol. The zero-order valence-electron chi connectivity index (χ0n) is 7.27. The van der Waals surface area contributed by atoms with E-state index < -0.39 is 10.1 Å². The molecule has 0 atom stereocenters. The van der Waals surface area contributed by atoms with E-state index in [2.05, 4.69) is 6.58 Å². The Balaban J connectivity index is 0.00000144. The first-order valence-corrected chi connectivity index (χ1v) is 4.68. The van der Waals surface area contributed by atoms with Crippen LogP contribution in [0.1, 0.15) is 5.56 Å². The Kier molecular flexibility index (Phi) is 5.61. The summed E-state index contributed by atoms with van der Waals surface area (Å²) in [4.78, 5) is -0.111. The zero-order chi connectivity index (χ0) is 9.19. The van der Waals surface area contributed by atoms with Crippen LogP contribution in [0.4, 0.5) is 0 Å².